The van der Waals surface area contributed by atoms with E-state index >= 15 is 0 Å². The summed E-state index contributed by atoms with van der Waals surface area (Å²) in [5, 5.41) is 9.69. The van der Waals surface area contributed by atoms with E-state index < -0.39 is 0 Å². The van der Waals surface area contributed by atoms with E-state index in [0.29, 0.717) is 18.2 Å². The lowest BCUT2D eigenvalue weighted by Crippen LogP contribution is -2.21. The van der Waals surface area contributed by atoms with Gasteiger partial charge in [-0.3, -0.25) is 20.3 Å². The van der Waals surface area contributed by atoms with Gasteiger partial charge in [-0.1, -0.05) is 12.1 Å². The van der Waals surface area contributed by atoms with E-state index in [1.165, 1.54) is 0 Å². The number of carbonyl (C=O) groups excluding carboxylic acids is 1. The molecule has 2 amide bonds. The molecule has 7 heteroatoms. The zero-order valence-electron chi connectivity index (χ0n) is 12.6. The van der Waals surface area contributed by atoms with Crippen molar-refractivity contribution >= 4 is 17.7 Å². The van der Waals surface area contributed by atoms with Gasteiger partial charge < -0.3 is 0 Å². The van der Waals surface area contributed by atoms with Crippen LogP contribution in [0, 0.1) is 6.92 Å². The van der Waals surface area contributed by atoms with Crippen molar-refractivity contribution in [2.24, 2.45) is 0 Å². The van der Waals surface area contributed by atoms with Crippen molar-refractivity contribution in [3.05, 3.63) is 66.2 Å². The average Bonchev–Trinajstić information content (AvgIpc) is 2.97. The zero-order chi connectivity index (χ0) is 16.1. The Bertz CT molecular complexity index is 799. The molecule has 0 spiro atoms. The minimum absolute atomic E-state index is 0.376. The largest absolute Gasteiger partial charge is 0.326 e. The lowest BCUT2D eigenvalue weighted by Gasteiger charge is -2.07. The summed E-state index contributed by atoms with van der Waals surface area (Å²) in [6.45, 7) is 2.47. The number of carbonyl (C=O) groups is 1. The standard InChI is InChI=1S/C16H16N6O/c1-12-4-2-8-18-15(12)20-16(23)19-14-6-9-22(21-14)11-13-5-3-7-17-10-13/h2-10H,11H2,1H3,(H2,18,19,20,21,23). The summed E-state index contributed by atoms with van der Waals surface area (Å²) in [6, 6.07) is 8.91. The Kier molecular flexibility index (Phi) is 4.28. The molecule has 3 heterocycles. The van der Waals surface area contributed by atoms with Gasteiger partial charge in [-0.2, -0.15) is 5.10 Å². The number of pyridine rings is 2. The number of urea groups is 1. The molecule has 0 fully saturated rings. The van der Waals surface area contributed by atoms with Crippen molar-refractivity contribution in [3.63, 3.8) is 0 Å². The summed E-state index contributed by atoms with van der Waals surface area (Å²) in [7, 11) is 0. The molecule has 3 aromatic rings. The predicted octanol–water partition coefficient (Wildman–Crippen LogP) is 2.67. The number of amides is 2. The van der Waals surface area contributed by atoms with Gasteiger partial charge >= 0.3 is 6.03 Å². The molecule has 0 bridgehead atoms. The Hall–Kier alpha value is -3.22. The molecule has 0 aliphatic rings. The minimum Gasteiger partial charge on any atom is -0.292 e. The highest BCUT2D eigenvalue weighted by Gasteiger charge is 2.07. The van der Waals surface area contributed by atoms with Crippen molar-refractivity contribution in [1.82, 2.24) is 19.7 Å². The summed E-state index contributed by atoms with van der Waals surface area (Å²) < 4.78 is 1.73. The van der Waals surface area contributed by atoms with Crippen LogP contribution in [-0.4, -0.2) is 25.8 Å². The Balaban J connectivity index is 1.60. The third-order valence-corrected chi connectivity index (χ3v) is 3.19. The Morgan fingerprint density at radius 2 is 2.04 bits per heavy atom. The van der Waals surface area contributed by atoms with Crippen molar-refractivity contribution in [2.75, 3.05) is 10.6 Å². The SMILES string of the molecule is Cc1cccnc1NC(=O)Nc1ccn(Cc2cccnc2)n1. The van der Waals surface area contributed by atoms with Gasteiger partial charge in [0.25, 0.3) is 0 Å². The Morgan fingerprint density at radius 3 is 2.83 bits per heavy atom. The van der Waals surface area contributed by atoms with E-state index in [1.807, 2.05) is 31.2 Å². The van der Waals surface area contributed by atoms with Crippen LogP contribution >= 0.6 is 0 Å². The molecule has 23 heavy (non-hydrogen) atoms. The van der Waals surface area contributed by atoms with Gasteiger partial charge in [-0.15, -0.1) is 0 Å². The molecule has 0 unspecified atom stereocenters. The molecule has 116 valence electrons. The smallest absolute Gasteiger partial charge is 0.292 e. The average molecular weight is 308 g/mol. The van der Waals surface area contributed by atoms with E-state index in [1.54, 1.807) is 35.5 Å². The van der Waals surface area contributed by atoms with E-state index in [4.69, 9.17) is 0 Å². The van der Waals surface area contributed by atoms with Gasteiger partial charge in [-0.25, -0.2) is 9.78 Å². The van der Waals surface area contributed by atoms with E-state index in [2.05, 4.69) is 25.7 Å². The first kappa shape index (κ1) is 14.7. The second-order valence-electron chi connectivity index (χ2n) is 5.01. The third-order valence-electron chi connectivity index (χ3n) is 3.19. The molecule has 0 aromatic carbocycles. The first-order valence-electron chi connectivity index (χ1n) is 7.13. The number of aryl methyl sites for hydroxylation is 1. The van der Waals surface area contributed by atoms with Crippen LogP contribution in [0.1, 0.15) is 11.1 Å². The molecule has 2 N–H and O–H groups in total. The quantitative estimate of drug-likeness (QED) is 0.776. The lowest BCUT2D eigenvalue weighted by atomic mass is 10.3. The van der Waals surface area contributed by atoms with Crippen LogP contribution in [0.3, 0.4) is 0 Å². The van der Waals surface area contributed by atoms with E-state index in [9.17, 15) is 4.79 Å². The highest BCUT2D eigenvalue weighted by molar-refractivity contribution is 5.98. The minimum atomic E-state index is -0.376. The van der Waals surface area contributed by atoms with Crippen LogP contribution in [0.5, 0.6) is 0 Å². The zero-order valence-corrected chi connectivity index (χ0v) is 12.6. The maximum absolute atomic E-state index is 12.0. The molecule has 3 aromatic heterocycles. The summed E-state index contributed by atoms with van der Waals surface area (Å²) in [5.74, 6) is 1.000. The fourth-order valence-corrected chi connectivity index (χ4v) is 2.07. The van der Waals surface area contributed by atoms with Crippen LogP contribution in [0.25, 0.3) is 0 Å². The number of rotatable bonds is 4. The maximum atomic E-state index is 12.0. The first-order valence-corrected chi connectivity index (χ1v) is 7.13. The number of hydrogen-bond donors (Lipinski definition) is 2. The fraction of sp³-hybridized carbons (Fsp3) is 0.125. The first-order chi connectivity index (χ1) is 11.2. The highest BCUT2D eigenvalue weighted by Crippen LogP contribution is 2.10. The van der Waals surface area contributed by atoms with Gasteiger partial charge in [0.05, 0.1) is 6.54 Å². The predicted molar refractivity (Wildman–Crippen MR) is 87.2 cm³/mol. The van der Waals surface area contributed by atoms with Crippen molar-refractivity contribution in [2.45, 2.75) is 13.5 Å². The molecule has 0 saturated carbocycles. The molecule has 3 rings (SSSR count). The van der Waals surface area contributed by atoms with Gasteiger partial charge in [-0.05, 0) is 30.2 Å². The number of anilines is 2. The maximum Gasteiger partial charge on any atom is 0.326 e. The molecular formula is C16H16N6O. The van der Waals surface area contributed by atoms with E-state index in [-0.39, 0.29) is 6.03 Å². The van der Waals surface area contributed by atoms with Gasteiger partial charge in [0.1, 0.15) is 5.82 Å². The normalized spacial score (nSPS) is 10.3. The number of nitrogens with zero attached hydrogens (tertiary/aromatic N) is 4. The number of hydrogen-bond acceptors (Lipinski definition) is 4. The topological polar surface area (TPSA) is 84.7 Å². The molecule has 0 aliphatic heterocycles. The fourth-order valence-electron chi connectivity index (χ4n) is 2.07. The van der Waals surface area contributed by atoms with Crippen LogP contribution < -0.4 is 10.6 Å². The monoisotopic (exact) mass is 308 g/mol. The van der Waals surface area contributed by atoms with Crippen LogP contribution in [0.4, 0.5) is 16.4 Å². The van der Waals surface area contributed by atoms with Gasteiger partial charge in [0, 0.05) is 30.9 Å². The number of aromatic nitrogens is 4. The summed E-state index contributed by atoms with van der Waals surface area (Å²) in [6.07, 6.45) is 6.94. The molecule has 0 radical (unpaired) electrons. The molecular weight excluding hydrogens is 292 g/mol. The van der Waals surface area contributed by atoms with Gasteiger partial charge in [0.2, 0.25) is 0 Å². The highest BCUT2D eigenvalue weighted by atomic mass is 16.2. The van der Waals surface area contributed by atoms with Crippen LogP contribution in [0.2, 0.25) is 0 Å². The van der Waals surface area contributed by atoms with Gasteiger partial charge in [0.15, 0.2) is 5.82 Å². The van der Waals surface area contributed by atoms with Crippen molar-refractivity contribution in [3.8, 4) is 0 Å². The summed E-state index contributed by atoms with van der Waals surface area (Å²) in [4.78, 5) is 20.2. The lowest BCUT2D eigenvalue weighted by molar-refractivity contribution is 0.262. The molecule has 0 atom stereocenters. The van der Waals surface area contributed by atoms with E-state index in [0.717, 1.165) is 11.1 Å². The van der Waals surface area contributed by atoms with Crippen LogP contribution in [-0.2, 0) is 6.54 Å². The molecule has 0 aliphatic carbocycles. The Labute approximate surface area is 133 Å². The van der Waals surface area contributed by atoms with Crippen molar-refractivity contribution < 1.29 is 4.79 Å². The Morgan fingerprint density at radius 1 is 1.17 bits per heavy atom. The summed E-state index contributed by atoms with van der Waals surface area (Å²) in [5.41, 5.74) is 1.93. The molecule has 0 saturated heterocycles. The second kappa shape index (κ2) is 6.69. The molecule has 7 nitrogen and oxygen atoms in total. The summed E-state index contributed by atoms with van der Waals surface area (Å²) >= 11 is 0. The third kappa shape index (κ3) is 3.91. The van der Waals surface area contributed by atoms with Crippen LogP contribution in [0.15, 0.2) is 55.1 Å². The second-order valence-corrected chi connectivity index (χ2v) is 5.01. The van der Waals surface area contributed by atoms with Crippen molar-refractivity contribution in [1.29, 1.82) is 0 Å². The number of nitrogens with one attached hydrogen (secondary N) is 2.